The summed E-state index contributed by atoms with van der Waals surface area (Å²) < 4.78 is 11.8. The van der Waals surface area contributed by atoms with E-state index in [1.54, 1.807) is 46.9 Å². The van der Waals surface area contributed by atoms with Gasteiger partial charge in [-0.1, -0.05) is 83.5 Å². The number of cyclic esters (lactones) is 2. The van der Waals surface area contributed by atoms with Gasteiger partial charge < -0.3 is 35.4 Å². The first-order valence-corrected chi connectivity index (χ1v) is 20.5. The highest BCUT2D eigenvalue weighted by atomic mass is 16.6. The van der Waals surface area contributed by atoms with Crippen LogP contribution in [-0.2, 0) is 39.9 Å². The SMILES string of the molecule is C/C=C(\C)[C@@H](O)[C@H](C)[C@@H]1C/C=C(\C)C(=O)O[C@H](CC(C)C)C(=O)N[C@@H](C)CN(C)[C@H](Cc2ccccc2)C(=O)N(C)CC(=O)NC(C(C)CC)CN[C@H](C)C(=O)O1. The summed E-state index contributed by atoms with van der Waals surface area (Å²) in [6.07, 6.45) is 2.14. The molecular formula is C44H71N5O8. The quantitative estimate of drug-likeness (QED) is 0.210. The van der Waals surface area contributed by atoms with E-state index in [1.165, 1.54) is 4.90 Å². The molecule has 13 nitrogen and oxygen atoms in total. The first kappa shape index (κ1) is 49.1. The van der Waals surface area contributed by atoms with E-state index in [0.29, 0.717) is 18.5 Å². The maximum absolute atomic E-state index is 14.1. The minimum Gasteiger partial charge on any atom is -0.460 e. The second-order valence-corrected chi connectivity index (χ2v) is 16.4. The number of aliphatic hydroxyl groups is 1. The Labute approximate surface area is 341 Å². The number of hydrogen-bond acceptors (Lipinski definition) is 10. The van der Waals surface area contributed by atoms with Crippen molar-refractivity contribution in [3.8, 4) is 0 Å². The zero-order valence-electron chi connectivity index (χ0n) is 36.5. The van der Waals surface area contributed by atoms with Crippen LogP contribution in [0.5, 0.6) is 0 Å². The van der Waals surface area contributed by atoms with Crippen LogP contribution < -0.4 is 16.0 Å². The van der Waals surface area contributed by atoms with Crippen LogP contribution in [0.25, 0.3) is 0 Å². The standard InChI is InChI=1S/C44H71N5O8/c1-13-28(5)35-24-45-33(10)44(55)56-37(32(9)40(51)29(6)14-2)21-20-30(7)43(54)57-38(22-27(3)4)41(52)46-31(8)25-48(11)36(23-34-18-16-15-17-19-34)42(53)49(12)26-39(50)47-35/h14-20,27-28,31-33,35-38,40,45,51H,13,21-26H2,1-12H3,(H,46,52)(H,47,50)/b29-14+,30-20+/t28?,31-,32+,33+,35?,36+,37-,38+,40+/m0/s1. The Morgan fingerprint density at radius 2 is 1.65 bits per heavy atom. The van der Waals surface area contributed by atoms with E-state index in [-0.39, 0.29) is 61.2 Å². The minimum atomic E-state index is -1.08. The number of benzene rings is 1. The van der Waals surface area contributed by atoms with Crippen LogP contribution in [0.1, 0.15) is 94.1 Å². The first-order chi connectivity index (χ1) is 26.8. The number of likely N-dealkylation sites (N-methyl/N-ethyl adjacent to an activating group) is 2. The van der Waals surface area contributed by atoms with Crippen molar-refractivity contribution < 1.29 is 38.6 Å². The van der Waals surface area contributed by atoms with E-state index in [9.17, 15) is 29.1 Å². The van der Waals surface area contributed by atoms with Crippen molar-refractivity contribution in [2.75, 3.05) is 33.7 Å². The van der Waals surface area contributed by atoms with Gasteiger partial charge in [-0.25, -0.2) is 4.79 Å². The van der Waals surface area contributed by atoms with Crippen LogP contribution in [0.15, 0.2) is 53.6 Å². The van der Waals surface area contributed by atoms with Crippen molar-refractivity contribution in [1.29, 1.82) is 0 Å². The molecule has 2 unspecified atom stereocenters. The Kier molecular flexibility index (Phi) is 20.7. The van der Waals surface area contributed by atoms with E-state index in [1.807, 2.05) is 83.8 Å². The maximum atomic E-state index is 14.1. The lowest BCUT2D eigenvalue weighted by Gasteiger charge is -2.33. The van der Waals surface area contributed by atoms with Gasteiger partial charge in [0.1, 0.15) is 12.1 Å². The van der Waals surface area contributed by atoms with E-state index >= 15 is 0 Å². The van der Waals surface area contributed by atoms with E-state index in [0.717, 1.165) is 12.0 Å². The predicted molar refractivity (Wildman–Crippen MR) is 223 cm³/mol. The fraction of sp³-hybridized carbons (Fsp3) is 0.659. The van der Waals surface area contributed by atoms with Gasteiger partial charge in [0.15, 0.2) is 6.10 Å². The number of ether oxygens (including phenoxy) is 2. The summed E-state index contributed by atoms with van der Waals surface area (Å²) in [6.45, 7) is 18.8. The Morgan fingerprint density at radius 3 is 2.25 bits per heavy atom. The minimum absolute atomic E-state index is 0.0281. The van der Waals surface area contributed by atoms with Gasteiger partial charge in [-0.2, -0.15) is 0 Å². The van der Waals surface area contributed by atoms with Crippen molar-refractivity contribution in [2.45, 2.75) is 137 Å². The summed E-state index contributed by atoms with van der Waals surface area (Å²) in [5, 5.41) is 20.4. The van der Waals surface area contributed by atoms with Gasteiger partial charge in [0.05, 0.1) is 18.7 Å². The van der Waals surface area contributed by atoms with Crippen molar-refractivity contribution in [3.63, 3.8) is 0 Å². The molecule has 1 aliphatic heterocycles. The highest BCUT2D eigenvalue weighted by molar-refractivity contribution is 5.91. The monoisotopic (exact) mass is 798 g/mol. The molecule has 0 bridgehead atoms. The molecule has 1 aromatic carbocycles. The van der Waals surface area contributed by atoms with Crippen molar-refractivity contribution >= 4 is 29.7 Å². The van der Waals surface area contributed by atoms with Crippen LogP contribution in [0, 0.1) is 17.8 Å². The molecule has 13 heteroatoms. The third-order valence-electron chi connectivity index (χ3n) is 11.0. The lowest BCUT2D eigenvalue weighted by atomic mass is 9.90. The van der Waals surface area contributed by atoms with Gasteiger partial charge >= 0.3 is 11.9 Å². The lowest BCUT2D eigenvalue weighted by molar-refractivity contribution is -0.155. The van der Waals surface area contributed by atoms with Gasteiger partial charge in [0.25, 0.3) is 5.91 Å². The number of hydrogen-bond donors (Lipinski definition) is 4. The summed E-state index contributed by atoms with van der Waals surface area (Å²) in [7, 11) is 3.42. The number of allylic oxidation sites excluding steroid dienone is 1. The topological polar surface area (TPSA) is 167 Å². The van der Waals surface area contributed by atoms with Crippen LogP contribution in [-0.4, -0.2) is 121 Å². The van der Waals surface area contributed by atoms with Crippen LogP contribution in [0.2, 0.25) is 0 Å². The highest BCUT2D eigenvalue weighted by Crippen LogP contribution is 2.23. The first-order valence-electron chi connectivity index (χ1n) is 20.5. The largest absolute Gasteiger partial charge is 0.460 e. The van der Waals surface area contributed by atoms with Crippen LogP contribution in [0.3, 0.4) is 0 Å². The van der Waals surface area contributed by atoms with E-state index in [4.69, 9.17) is 9.47 Å². The highest BCUT2D eigenvalue weighted by Gasteiger charge is 2.33. The molecule has 1 aromatic rings. The predicted octanol–water partition coefficient (Wildman–Crippen LogP) is 4.18. The number of esters is 2. The average molecular weight is 798 g/mol. The molecule has 2 rings (SSSR count). The fourth-order valence-electron chi connectivity index (χ4n) is 6.72. The lowest BCUT2D eigenvalue weighted by Crippen LogP contribution is -2.55. The summed E-state index contributed by atoms with van der Waals surface area (Å²) in [6, 6.07) is 7.39. The molecule has 0 saturated carbocycles. The summed E-state index contributed by atoms with van der Waals surface area (Å²) >= 11 is 0. The molecule has 0 radical (unpaired) electrons. The Morgan fingerprint density at radius 1 is 1.00 bits per heavy atom. The molecule has 1 aliphatic rings. The second kappa shape index (κ2) is 24.0. The van der Waals surface area contributed by atoms with Gasteiger partial charge in [-0.3, -0.25) is 24.1 Å². The molecule has 0 spiro atoms. The normalized spacial score (nSPS) is 27.9. The molecule has 0 aromatic heterocycles. The van der Waals surface area contributed by atoms with Gasteiger partial charge in [-0.15, -0.1) is 0 Å². The van der Waals surface area contributed by atoms with Crippen LogP contribution in [0.4, 0.5) is 0 Å². The molecular weight excluding hydrogens is 727 g/mol. The molecule has 9 atom stereocenters. The van der Waals surface area contributed by atoms with E-state index in [2.05, 4.69) is 16.0 Å². The van der Waals surface area contributed by atoms with Gasteiger partial charge in [0.2, 0.25) is 11.8 Å². The summed E-state index contributed by atoms with van der Waals surface area (Å²) in [5.41, 5.74) is 1.88. The Bertz CT molecular complexity index is 1530. The van der Waals surface area contributed by atoms with Crippen LogP contribution >= 0.6 is 0 Å². The van der Waals surface area contributed by atoms with E-state index < -0.39 is 60.2 Å². The Hall–Kier alpha value is -4.07. The Balaban J connectivity index is 2.55. The third kappa shape index (κ3) is 16.0. The molecule has 57 heavy (non-hydrogen) atoms. The average Bonchev–Trinajstić information content (AvgIpc) is 3.17. The number of carbonyl (C=O) groups excluding carboxylic acids is 5. The number of aliphatic hydroxyl groups excluding tert-OH is 1. The molecule has 1 heterocycles. The zero-order chi connectivity index (χ0) is 43.0. The summed E-state index contributed by atoms with van der Waals surface area (Å²) in [4.78, 5) is 71.6. The molecule has 0 saturated heterocycles. The molecule has 3 amide bonds. The zero-order valence-corrected chi connectivity index (χ0v) is 36.5. The van der Waals surface area contributed by atoms with Crippen molar-refractivity contribution in [3.05, 3.63) is 59.2 Å². The number of amides is 3. The van der Waals surface area contributed by atoms with Crippen molar-refractivity contribution in [1.82, 2.24) is 25.8 Å². The molecule has 0 fully saturated rings. The van der Waals surface area contributed by atoms with Gasteiger partial charge in [0, 0.05) is 50.1 Å². The number of carbonyl (C=O) groups is 5. The molecule has 0 aliphatic carbocycles. The number of rotatable bonds is 9. The fourth-order valence-corrected chi connectivity index (χ4v) is 6.72. The third-order valence-corrected chi connectivity index (χ3v) is 11.0. The van der Waals surface area contributed by atoms with Gasteiger partial charge in [-0.05, 0) is 77.5 Å². The maximum Gasteiger partial charge on any atom is 0.334 e. The summed E-state index contributed by atoms with van der Waals surface area (Å²) in [5.74, 6) is -2.75. The second-order valence-electron chi connectivity index (χ2n) is 16.4. The number of nitrogens with one attached hydrogen (secondary N) is 3. The molecule has 4 N–H and O–H groups in total. The van der Waals surface area contributed by atoms with Crippen molar-refractivity contribution in [2.24, 2.45) is 17.8 Å². The molecule has 320 valence electrons. The number of nitrogens with zero attached hydrogens (tertiary/aromatic N) is 2. The smallest absolute Gasteiger partial charge is 0.334 e.